The standard InChI is InChI=1S/C16H18N2O/c17-13-15(12-14-8-4-3-5-9-14)16(19)18-10-6-1-2-7-11-18/h3-5,8-9,12H,1-2,6-7,10-11H2/b15-12+. The van der Waals surface area contributed by atoms with Gasteiger partial charge in [-0.3, -0.25) is 4.79 Å². The van der Waals surface area contributed by atoms with Crippen molar-refractivity contribution in [1.29, 1.82) is 5.26 Å². The minimum absolute atomic E-state index is 0.131. The first-order chi connectivity index (χ1) is 9.31. The fourth-order valence-electron chi connectivity index (χ4n) is 2.30. The van der Waals surface area contributed by atoms with Gasteiger partial charge in [0.25, 0.3) is 5.91 Å². The second-order valence-corrected chi connectivity index (χ2v) is 4.79. The third-order valence-electron chi connectivity index (χ3n) is 3.35. The highest BCUT2D eigenvalue weighted by Gasteiger charge is 2.19. The topological polar surface area (TPSA) is 44.1 Å². The maximum Gasteiger partial charge on any atom is 0.264 e. The molecule has 1 aromatic rings. The molecule has 1 aliphatic heterocycles. The third kappa shape index (κ3) is 3.69. The second-order valence-electron chi connectivity index (χ2n) is 4.79. The maximum absolute atomic E-state index is 12.3. The molecule has 1 heterocycles. The molecule has 0 bridgehead atoms. The minimum Gasteiger partial charge on any atom is -0.338 e. The SMILES string of the molecule is N#C/C(=C\c1ccccc1)C(=O)N1CCCCCC1. The summed E-state index contributed by atoms with van der Waals surface area (Å²) in [6.45, 7) is 1.54. The summed E-state index contributed by atoms with van der Waals surface area (Å²) in [5.74, 6) is -0.131. The maximum atomic E-state index is 12.3. The normalized spacial score (nSPS) is 16.6. The Bertz CT molecular complexity index is 491. The Hall–Kier alpha value is -2.08. The Morgan fingerprint density at radius 2 is 1.74 bits per heavy atom. The molecular formula is C16H18N2O. The van der Waals surface area contributed by atoms with E-state index in [1.54, 1.807) is 6.08 Å². The molecule has 1 aromatic carbocycles. The summed E-state index contributed by atoms with van der Waals surface area (Å²) in [5.41, 5.74) is 1.12. The van der Waals surface area contributed by atoms with Crippen molar-refractivity contribution in [2.24, 2.45) is 0 Å². The molecule has 1 fully saturated rings. The lowest BCUT2D eigenvalue weighted by Crippen LogP contribution is -2.32. The molecule has 0 aromatic heterocycles. The number of nitrogens with zero attached hydrogens (tertiary/aromatic N) is 2. The van der Waals surface area contributed by atoms with Crippen molar-refractivity contribution >= 4 is 12.0 Å². The van der Waals surface area contributed by atoms with Gasteiger partial charge in [0.1, 0.15) is 11.6 Å². The zero-order valence-electron chi connectivity index (χ0n) is 11.0. The molecular weight excluding hydrogens is 236 g/mol. The Kier molecular flexibility index (Phi) is 4.74. The van der Waals surface area contributed by atoms with Crippen molar-refractivity contribution in [3.8, 4) is 6.07 Å². The lowest BCUT2D eigenvalue weighted by Gasteiger charge is -2.19. The van der Waals surface area contributed by atoms with E-state index in [1.165, 1.54) is 12.8 Å². The Morgan fingerprint density at radius 1 is 1.11 bits per heavy atom. The summed E-state index contributed by atoms with van der Waals surface area (Å²) < 4.78 is 0. The molecule has 2 rings (SSSR count). The summed E-state index contributed by atoms with van der Waals surface area (Å²) in [6.07, 6.45) is 6.10. The lowest BCUT2D eigenvalue weighted by molar-refractivity contribution is -0.126. The van der Waals surface area contributed by atoms with E-state index < -0.39 is 0 Å². The molecule has 3 nitrogen and oxygen atoms in total. The Morgan fingerprint density at radius 3 is 2.32 bits per heavy atom. The van der Waals surface area contributed by atoms with Crippen LogP contribution in [0.1, 0.15) is 31.2 Å². The first-order valence-corrected chi connectivity index (χ1v) is 6.77. The van der Waals surface area contributed by atoms with Crippen LogP contribution >= 0.6 is 0 Å². The third-order valence-corrected chi connectivity index (χ3v) is 3.35. The smallest absolute Gasteiger partial charge is 0.264 e. The number of hydrogen-bond donors (Lipinski definition) is 0. The minimum atomic E-state index is -0.131. The van der Waals surface area contributed by atoms with Crippen molar-refractivity contribution in [1.82, 2.24) is 4.90 Å². The highest BCUT2D eigenvalue weighted by molar-refractivity contribution is 6.01. The van der Waals surface area contributed by atoms with E-state index >= 15 is 0 Å². The molecule has 1 aliphatic rings. The molecule has 0 radical (unpaired) electrons. The number of nitriles is 1. The molecule has 1 saturated heterocycles. The predicted molar refractivity (Wildman–Crippen MR) is 75.1 cm³/mol. The fourth-order valence-corrected chi connectivity index (χ4v) is 2.30. The van der Waals surface area contributed by atoms with Gasteiger partial charge in [-0.05, 0) is 24.5 Å². The van der Waals surface area contributed by atoms with Gasteiger partial charge >= 0.3 is 0 Å². The van der Waals surface area contributed by atoms with Crippen molar-refractivity contribution in [2.75, 3.05) is 13.1 Å². The largest absolute Gasteiger partial charge is 0.338 e. The van der Waals surface area contributed by atoms with E-state index in [1.807, 2.05) is 41.3 Å². The first kappa shape index (κ1) is 13.4. The lowest BCUT2D eigenvalue weighted by atomic mass is 10.1. The van der Waals surface area contributed by atoms with Gasteiger partial charge in [0.05, 0.1) is 0 Å². The quantitative estimate of drug-likeness (QED) is 0.601. The number of carbonyl (C=O) groups excluding carboxylic acids is 1. The first-order valence-electron chi connectivity index (χ1n) is 6.77. The fraction of sp³-hybridized carbons (Fsp3) is 0.375. The van der Waals surface area contributed by atoms with Gasteiger partial charge in [-0.15, -0.1) is 0 Å². The summed E-state index contributed by atoms with van der Waals surface area (Å²) in [4.78, 5) is 14.1. The van der Waals surface area contributed by atoms with Crippen molar-refractivity contribution < 1.29 is 4.79 Å². The second kappa shape index (κ2) is 6.75. The molecule has 0 aliphatic carbocycles. The van der Waals surface area contributed by atoms with Crippen LogP contribution in [0.2, 0.25) is 0 Å². The van der Waals surface area contributed by atoms with Crippen LogP contribution in [0.15, 0.2) is 35.9 Å². The van der Waals surface area contributed by atoms with Gasteiger partial charge in [-0.1, -0.05) is 43.2 Å². The van der Waals surface area contributed by atoms with Crippen molar-refractivity contribution in [2.45, 2.75) is 25.7 Å². The van der Waals surface area contributed by atoms with Gasteiger partial charge in [-0.25, -0.2) is 0 Å². The van der Waals surface area contributed by atoms with Crippen molar-refractivity contribution in [3.63, 3.8) is 0 Å². The van der Waals surface area contributed by atoms with E-state index in [0.29, 0.717) is 0 Å². The molecule has 1 amide bonds. The van der Waals surface area contributed by atoms with Crippen LogP contribution in [0.3, 0.4) is 0 Å². The molecule has 3 heteroatoms. The van der Waals surface area contributed by atoms with E-state index in [4.69, 9.17) is 0 Å². The zero-order chi connectivity index (χ0) is 13.5. The molecule has 0 saturated carbocycles. The van der Waals surface area contributed by atoms with Gasteiger partial charge in [0.15, 0.2) is 0 Å². The number of benzene rings is 1. The predicted octanol–water partition coefficient (Wildman–Crippen LogP) is 3.00. The summed E-state index contributed by atoms with van der Waals surface area (Å²) >= 11 is 0. The van der Waals surface area contributed by atoms with Gasteiger partial charge in [-0.2, -0.15) is 5.26 Å². The Labute approximate surface area is 114 Å². The average molecular weight is 254 g/mol. The molecule has 0 unspecified atom stereocenters. The van der Waals surface area contributed by atoms with E-state index in [2.05, 4.69) is 0 Å². The number of likely N-dealkylation sites (tertiary alicyclic amines) is 1. The van der Waals surface area contributed by atoms with Gasteiger partial charge in [0, 0.05) is 13.1 Å². The van der Waals surface area contributed by atoms with Crippen molar-refractivity contribution in [3.05, 3.63) is 41.5 Å². The van der Waals surface area contributed by atoms with Crippen LogP contribution in [-0.4, -0.2) is 23.9 Å². The average Bonchev–Trinajstić information content (AvgIpc) is 2.74. The van der Waals surface area contributed by atoms with E-state index in [9.17, 15) is 10.1 Å². The number of hydrogen-bond acceptors (Lipinski definition) is 2. The zero-order valence-corrected chi connectivity index (χ0v) is 11.0. The van der Waals surface area contributed by atoms with Crippen LogP contribution in [0.4, 0.5) is 0 Å². The van der Waals surface area contributed by atoms with Crippen LogP contribution in [0, 0.1) is 11.3 Å². The summed E-state index contributed by atoms with van der Waals surface area (Å²) in [6, 6.07) is 11.5. The molecule has 0 atom stereocenters. The number of amides is 1. The molecule has 19 heavy (non-hydrogen) atoms. The summed E-state index contributed by atoms with van der Waals surface area (Å²) in [5, 5.41) is 9.19. The van der Waals surface area contributed by atoms with Gasteiger partial charge in [0.2, 0.25) is 0 Å². The Balaban J connectivity index is 2.15. The van der Waals surface area contributed by atoms with E-state index in [-0.39, 0.29) is 11.5 Å². The molecule has 0 N–H and O–H groups in total. The van der Waals surface area contributed by atoms with Gasteiger partial charge < -0.3 is 4.90 Å². The highest BCUT2D eigenvalue weighted by atomic mass is 16.2. The number of carbonyl (C=O) groups is 1. The van der Waals surface area contributed by atoms with Crippen LogP contribution < -0.4 is 0 Å². The highest BCUT2D eigenvalue weighted by Crippen LogP contribution is 2.14. The molecule has 98 valence electrons. The van der Waals surface area contributed by atoms with Crippen LogP contribution in [0.25, 0.3) is 6.08 Å². The number of rotatable bonds is 2. The van der Waals surface area contributed by atoms with E-state index in [0.717, 1.165) is 31.5 Å². The van der Waals surface area contributed by atoms with Crippen LogP contribution in [-0.2, 0) is 4.79 Å². The summed E-state index contributed by atoms with van der Waals surface area (Å²) in [7, 11) is 0. The molecule has 0 spiro atoms. The van der Waals surface area contributed by atoms with Crippen LogP contribution in [0.5, 0.6) is 0 Å². The monoisotopic (exact) mass is 254 g/mol.